The Bertz CT molecular complexity index is 250. The van der Waals surface area contributed by atoms with E-state index in [0.717, 1.165) is 11.8 Å². The monoisotopic (exact) mass is 147 g/mol. The molecule has 0 atom stereocenters. The zero-order valence-corrected chi connectivity index (χ0v) is 5.82. The van der Waals surface area contributed by atoms with Crippen LogP contribution in [0, 0.1) is 6.23 Å². The van der Waals surface area contributed by atoms with E-state index in [1.165, 1.54) is 0 Å². The van der Waals surface area contributed by atoms with E-state index in [9.17, 15) is 0 Å². The third kappa shape index (κ3) is 1.17. The highest BCUT2D eigenvalue weighted by Crippen LogP contribution is 2.15. The van der Waals surface area contributed by atoms with Gasteiger partial charge in [-0.1, -0.05) is 0 Å². The van der Waals surface area contributed by atoms with Crippen molar-refractivity contribution in [3.05, 3.63) is 48.8 Å². The number of pyridine rings is 1. The van der Waals surface area contributed by atoms with Gasteiger partial charge in [-0.05, 0) is 12.1 Å². The van der Waals surface area contributed by atoms with Gasteiger partial charge in [0.1, 0.15) is 6.26 Å². The maximum absolute atomic E-state index is 5.14. The van der Waals surface area contributed by atoms with Crippen LogP contribution in [-0.4, -0.2) is 4.98 Å². The van der Waals surface area contributed by atoms with Crippen molar-refractivity contribution >= 4 is 0 Å². The molecule has 0 aliphatic carbocycles. The number of ether oxygens (including phenoxy) is 1. The smallest absolute Gasteiger partial charge is 0.269 e. The van der Waals surface area contributed by atoms with Crippen molar-refractivity contribution in [3.8, 4) is 0 Å². The summed E-state index contributed by atoms with van der Waals surface area (Å²) < 4.78 is 5.14. The Morgan fingerprint density at radius 2 is 2.09 bits per heavy atom. The zero-order valence-electron chi connectivity index (χ0n) is 5.82. The molecule has 0 saturated carbocycles. The Balaban J connectivity index is 2.17. The number of rotatable bonds is 1. The van der Waals surface area contributed by atoms with Crippen LogP contribution in [0.1, 0.15) is 5.56 Å². The van der Waals surface area contributed by atoms with Crippen molar-refractivity contribution in [1.29, 1.82) is 0 Å². The molecule has 3 heteroatoms. The molecule has 0 unspecified atom stereocenters. The largest absolute Gasteiger partial charge is 0.463 e. The van der Waals surface area contributed by atoms with Gasteiger partial charge in [0.15, 0.2) is 0 Å². The molecule has 0 saturated heterocycles. The molecule has 1 radical (unpaired) electrons. The number of aromatic nitrogens is 1. The van der Waals surface area contributed by atoms with E-state index in [4.69, 9.17) is 4.74 Å². The van der Waals surface area contributed by atoms with Crippen LogP contribution in [0.5, 0.6) is 0 Å². The first-order valence-electron chi connectivity index (χ1n) is 3.32. The van der Waals surface area contributed by atoms with Crippen molar-refractivity contribution in [2.45, 2.75) is 0 Å². The summed E-state index contributed by atoms with van der Waals surface area (Å²) in [6.07, 6.45) is 7.57. The summed E-state index contributed by atoms with van der Waals surface area (Å²) in [4.78, 5) is 3.90. The average Bonchev–Trinajstić information content (AvgIpc) is 2.58. The van der Waals surface area contributed by atoms with Crippen molar-refractivity contribution in [2.75, 3.05) is 0 Å². The van der Waals surface area contributed by atoms with Crippen LogP contribution in [0.2, 0.25) is 0 Å². The lowest BCUT2D eigenvalue weighted by Crippen LogP contribution is -2.11. The molecule has 0 spiro atoms. The highest BCUT2D eigenvalue weighted by atomic mass is 16.5. The molecule has 1 aromatic heterocycles. The molecule has 11 heavy (non-hydrogen) atoms. The fraction of sp³-hybridized carbons (Fsp3) is 0. The van der Waals surface area contributed by atoms with Gasteiger partial charge in [0.2, 0.25) is 0 Å². The van der Waals surface area contributed by atoms with Crippen LogP contribution >= 0.6 is 0 Å². The summed E-state index contributed by atoms with van der Waals surface area (Å²) in [5.41, 5.74) is 1.00. The van der Waals surface area contributed by atoms with E-state index in [0.29, 0.717) is 0 Å². The first-order valence-corrected chi connectivity index (χ1v) is 3.32. The van der Waals surface area contributed by atoms with Gasteiger partial charge in [-0.3, -0.25) is 4.98 Å². The van der Waals surface area contributed by atoms with Gasteiger partial charge < -0.3 is 10.1 Å². The van der Waals surface area contributed by atoms with Crippen LogP contribution in [-0.2, 0) is 4.74 Å². The molecule has 2 rings (SSSR count). The molecule has 0 bridgehead atoms. The number of nitrogens with one attached hydrogen (secondary N) is 1. The van der Waals surface area contributed by atoms with Gasteiger partial charge in [0, 0.05) is 24.2 Å². The van der Waals surface area contributed by atoms with E-state index < -0.39 is 0 Å². The molecule has 3 nitrogen and oxygen atoms in total. The first kappa shape index (κ1) is 6.22. The fourth-order valence-corrected chi connectivity index (χ4v) is 0.900. The van der Waals surface area contributed by atoms with Gasteiger partial charge in [0.05, 0.1) is 0 Å². The highest BCUT2D eigenvalue weighted by Gasteiger charge is 2.14. The number of nitrogens with zero attached hydrogens (tertiary/aromatic N) is 1. The molecule has 2 heterocycles. The summed E-state index contributed by atoms with van der Waals surface area (Å²) in [5, 5.41) is 2.96. The normalized spacial score (nSPS) is 16.0. The molecule has 1 N–H and O–H groups in total. The third-order valence-corrected chi connectivity index (χ3v) is 1.41. The molecule has 0 fully saturated rings. The first-order chi connectivity index (χ1) is 5.47. The van der Waals surface area contributed by atoms with Gasteiger partial charge in [0.25, 0.3) is 6.23 Å². The average molecular weight is 147 g/mol. The van der Waals surface area contributed by atoms with E-state index in [1.807, 2.05) is 12.1 Å². The Morgan fingerprint density at radius 3 is 2.73 bits per heavy atom. The molecule has 55 valence electrons. The van der Waals surface area contributed by atoms with Gasteiger partial charge in [-0.15, -0.1) is 0 Å². The van der Waals surface area contributed by atoms with Crippen molar-refractivity contribution in [1.82, 2.24) is 10.3 Å². The minimum atomic E-state index is 0.757. The predicted molar refractivity (Wildman–Crippen MR) is 39.9 cm³/mol. The standard InChI is InChI=1S/C8H7N2O/c1-3-9-4-2-7(1)8-10-5-6-11-8/h1-6,10H. The van der Waals surface area contributed by atoms with E-state index in [1.54, 1.807) is 24.9 Å². The van der Waals surface area contributed by atoms with Crippen LogP contribution in [0.3, 0.4) is 0 Å². The van der Waals surface area contributed by atoms with Gasteiger partial charge >= 0.3 is 0 Å². The summed E-state index contributed by atoms with van der Waals surface area (Å²) in [5.74, 6) is 0. The van der Waals surface area contributed by atoms with Crippen molar-refractivity contribution < 1.29 is 4.74 Å². The highest BCUT2D eigenvalue weighted by molar-refractivity contribution is 5.25. The Labute approximate surface area is 64.7 Å². The Kier molecular flexibility index (Phi) is 1.48. The molecule has 1 aliphatic heterocycles. The Morgan fingerprint density at radius 1 is 1.27 bits per heavy atom. The second-order valence-corrected chi connectivity index (χ2v) is 2.13. The fourth-order valence-electron chi connectivity index (χ4n) is 0.900. The van der Waals surface area contributed by atoms with E-state index in [2.05, 4.69) is 10.3 Å². The molecular formula is C8H7N2O. The minimum absolute atomic E-state index is 0.757. The number of hydrogen-bond donors (Lipinski definition) is 1. The minimum Gasteiger partial charge on any atom is -0.463 e. The van der Waals surface area contributed by atoms with Crippen molar-refractivity contribution in [2.24, 2.45) is 0 Å². The lowest BCUT2D eigenvalue weighted by molar-refractivity contribution is 0.289. The lowest BCUT2D eigenvalue weighted by Gasteiger charge is -2.07. The summed E-state index contributed by atoms with van der Waals surface area (Å²) in [7, 11) is 0. The summed E-state index contributed by atoms with van der Waals surface area (Å²) in [6.45, 7) is 0. The van der Waals surface area contributed by atoms with E-state index in [-0.39, 0.29) is 0 Å². The van der Waals surface area contributed by atoms with E-state index >= 15 is 0 Å². The third-order valence-electron chi connectivity index (χ3n) is 1.41. The Hall–Kier alpha value is -1.51. The number of hydrogen-bond acceptors (Lipinski definition) is 3. The molecule has 0 amide bonds. The van der Waals surface area contributed by atoms with Crippen LogP contribution in [0.4, 0.5) is 0 Å². The summed E-state index contributed by atoms with van der Waals surface area (Å²) in [6, 6.07) is 3.77. The quantitative estimate of drug-likeness (QED) is 0.643. The van der Waals surface area contributed by atoms with Gasteiger partial charge in [-0.25, -0.2) is 0 Å². The second-order valence-electron chi connectivity index (χ2n) is 2.13. The lowest BCUT2D eigenvalue weighted by atomic mass is 10.2. The van der Waals surface area contributed by atoms with Crippen molar-refractivity contribution in [3.63, 3.8) is 0 Å². The topological polar surface area (TPSA) is 34.1 Å². The summed E-state index contributed by atoms with van der Waals surface area (Å²) >= 11 is 0. The predicted octanol–water partition coefficient (Wildman–Crippen LogP) is 1.01. The second kappa shape index (κ2) is 2.62. The SMILES string of the molecule is C1=CO[C](c2ccncc2)N1. The van der Waals surface area contributed by atoms with Crippen LogP contribution in [0.15, 0.2) is 37.0 Å². The van der Waals surface area contributed by atoms with Crippen LogP contribution < -0.4 is 5.32 Å². The molecule has 1 aliphatic rings. The molecule has 0 aromatic carbocycles. The molecule has 1 aromatic rings. The van der Waals surface area contributed by atoms with Gasteiger partial charge in [-0.2, -0.15) is 0 Å². The zero-order chi connectivity index (χ0) is 7.52. The maximum Gasteiger partial charge on any atom is 0.269 e. The van der Waals surface area contributed by atoms with Crippen LogP contribution in [0.25, 0.3) is 0 Å². The maximum atomic E-state index is 5.14. The molecular weight excluding hydrogens is 140 g/mol.